The molecule has 130 valence electrons. The molecule has 6 nitrogen and oxygen atoms in total. The largest absolute Gasteiger partial charge is 0.352 e. The van der Waals surface area contributed by atoms with Crippen LogP contribution < -0.4 is 10.6 Å². The molecule has 0 aromatic heterocycles. The van der Waals surface area contributed by atoms with E-state index >= 15 is 0 Å². The maximum atomic E-state index is 12.0. The van der Waals surface area contributed by atoms with E-state index in [9.17, 15) is 13.2 Å². The summed E-state index contributed by atoms with van der Waals surface area (Å²) >= 11 is 0. The van der Waals surface area contributed by atoms with E-state index in [0.717, 1.165) is 45.4 Å². The predicted octanol–water partition coefficient (Wildman–Crippen LogP) is 0.537. The summed E-state index contributed by atoms with van der Waals surface area (Å²) in [5, 5.41) is 6.14. The Morgan fingerprint density at radius 2 is 2.00 bits per heavy atom. The van der Waals surface area contributed by atoms with Gasteiger partial charge in [0.1, 0.15) is 0 Å². The van der Waals surface area contributed by atoms with Gasteiger partial charge in [-0.2, -0.15) is 0 Å². The summed E-state index contributed by atoms with van der Waals surface area (Å²) in [6, 6.07) is 6.13. The molecule has 0 unspecified atom stereocenters. The van der Waals surface area contributed by atoms with Crippen molar-refractivity contribution in [2.45, 2.75) is 11.3 Å². The van der Waals surface area contributed by atoms with Crippen LogP contribution in [0.2, 0.25) is 0 Å². The molecule has 2 rings (SSSR count). The Hall–Kier alpha value is -1.15. The minimum Gasteiger partial charge on any atom is -0.352 e. The van der Waals surface area contributed by atoms with Gasteiger partial charge >= 0.3 is 0 Å². The second-order valence-corrected chi connectivity index (χ2v) is 7.52. The molecule has 8 heteroatoms. The molecule has 1 aliphatic rings. The van der Waals surface area contributed by atoms with E-state index in [2.05, 4.69) is 15.5 Å². The average molecular weight is 362 g/mol. The van der Waals surface area contributed by atoms with Crippen molar-refractivity contribution < 1.29 is 13.2 Å². The number of hydrogen-bond donors (Lipinski definition) is 2. The quantitative estimate of drug-likeness (QED) is 0.723. The number of carbonyl (C=O) groups excluding carboxylic acids is 1. The number of amides is 1. The molecule has 0 spiro atoms. The molecule has 0 aliphatic carbocycles. The summed E-state index contributed by atoms with van der Waals surface area (Å²) in [7, 11) is -3.29. The summed E-state index contributed by atoms with van der Waals surface area (Å²) in [5.41, 5.74) is 0.380. The van der Waals surface area contributed by atoms with Gasteiger partial charge in [-0.1, -0.05) is 6.07 Å². The van der Waals surface area contributed by atoms with Gasteiger partial charge in [0.2, 0.25) is 0 Å². The van der Waals surface area contributed by atoms with Crippen LogP contribution >= 0.6 is 12.4 Å². The first-order chi connectivity index (χ1) is 10.5. The Kier molecular flexibility index (Phi) is 7.98. The monoisotopic (exact) mass is 361 g/mol. The van der Waals surface area contributed by atoms with Gasteiger partial charge < -0.3 is 15.5 Å². The number of nitrogens with one attached hydrogen (secondary N) is 2. The number of halogens is 1. The van der Waals surface area contributed by atoms with Crippen LogP contribution in [-0.4, -0.2) is 64.7 Å². The maximum Gasteiger partial charge on any atom is 0.251 e. The van der Waals surface area contributed by atoms with Gasteiger partial charge in [0.15, 0.2) is 9.84 Å². The molecular weight excluding hydrogens is 338 g/mol. The molecule has 1 aromatic carbocycles. The van der Waals surface area contributed by atoms with Crippen molar-refractivity contribution in [3.05, 3.63) is 29.8 Å². The molecular formula is C15H24ClN3O3S. The Morgan fingerprint density at radius 1 is 1.30 bits per heavy atom. The van der Waals surface area contributed by atoms with Crippen LogP contribution in [-0.2, 0) is 9.84 Å². The standard InChI is InChI=1S/C15H23N3O3S.ClH/c1-22(20,21)14-5-2-4-13(12-14)15(19)17-6-3-9-18-10-7-16-8-11-18;/h2,4-5,12,16H,3,6-11H2,1H3,(H,17,19);1H. The molecule has 0 bridgehead atoms. The highest BCUT2D eigenvalue weighted by molar-refractivity contribution is 7.90. The van der Waals surface area contributed by atoms with Crippen molar-refractivity contribution in [1.29, 1.82) is 0 Å². The van der Waals surface area contributed by atoms with Gasteiger partial charge in [-0.25, -0.2) is 8.42 Å². The summed E-state index contributed by atoms with van der Waals surface area (Å²) in [6.07, 6.45) is 2.02. The van der Waals surface area contributed by atoms with E-state index in [4.69, 9.17) is 0 Å². The van der Waals surface area contributed by atoms with Crippen LogP contribution in [0, 0.1) is 0 Å². The summed E-state index contributed by atoms with van der Waals surface area (Å²) < 4.78 is 23.0. The molecule has 0 saturated carbocycles. The minimum atomic E-state index is -3.29. The predicted molar refractivity (Wildman–Crippen MR) is 93.1 cm³/mol. The third-order valence-electron chi connectivity index (χ3n) is 3.67. The van der Waals surface area contributed by atoms with Crippen molar-refractivity contribution in [3.8, 4) is 0 Å². The molecule has 0 radical (unpaired) electrons. The van der Waals surface area contributed by atoms with Crippen molar-refractivity contribution >= 4 is 28.2 Å². The van der Waals surface area contributed by atoms with E-state index in [1.807, 2.05) is 0 Å². The van der Waals surface area contributed by atoms with E-state index in [-0.39, 0.29) is 23.2 Å². The van der Waals surface area contributed by atoms with Crippen LogP contribution in [0.15, 0.2) is 29.2 Å². The Morgan fingerprint density at radius 3 is 2.65 bits per heavy atom. The number of piperazine rings is 1. The van der Waals surface area contributed by atoms with Gasteiger partial charge in [-0.3, -0.25) is 4.79 Å². The van der Waals surface area contributed by atoms with Crippen molar-refractivity contribution in [2.24, 2.45) is 0 Å². The maximum absolute atomic E-state index is 12.0. The first-order valence-corrected chi connectivity index (χ1v) is 9.37. The number of nitrogens with zero attached hydrogens (tertiary/aromatic N) is 1. The lowest BCUT2D eigenvalue weighted by Gasteiger charge is -2.27. The van der Waals surface area contributed by atoms with E-state index in [1.54, 1.807) is 12.1 Å². The highest BCUT2D eigenvalue weighted by atomic mass is 35.5. The lowest BCUT2D eigenvalue weighted by molar-refractivity contribution is 0.0951. The third kappa shape index (κ3) is 6.47. The lowest BCUT2D eigenvalue weighted by Crippen LogP contribution is -2.44. The van der Waals surface area contributed by atoms with Gasteiger partial charge in [0.05, 0.1) is 4.90 Å². The molecule has 23 heavy (non-hydrogen) atoms. The summed E-state index contributed by atoms with van der Waals surface area (Å²) in [4.78, 5) is 14.6. The number of rotatable bonds is 6. The third-order valence-corrected chi connectivity index (χ3v) is 4.78. The van der Waals surface area contributed by atoms with Gasteiger partial charge in [0.25, 0.3) is 5.91 Å². The first-order valence-electron chi connectivity index (χ1n) is 7.48. The van der Waals surface area contributed by atoms with E-state index in [1.165, 1.54) is 12.1 Å². The van der Waals surface area contributed by atoms with Crippen LogP contribution in [0.4, 0.5) is 0 Å². The molecule has 0 atom stereocenters. The number of hydrogen-bond acceptors (Lipinski definition) is 5. The van der Waals surface area contributed by atoms with Crippen molar-refractivity contribution in [2.75, 3.05) is 45.5 Å². The lowest BCUT2D eigenvalue weighted by atomic mass is 10.2. The minimum absolute atomic E-state index is 0. The fourth-order valence-corrected chi connectivity index (χ4v) is 3.08. The summed E-state index contributed by atoms with van der Waals surface area (Å²) in [6.45, 7) is 5.68. The van der Waals surface area contributed by atoms with Gasteiger partial charge in [-0.15, -0.1) is 12.4 Å². The molecule has 1 aromatic rings. The van der Waals surface area contributed by atoms with E-state index in [0.29, 0.717) is 12.1 Å². The number of benzene rings is 1. The second-order valence-electron chi connectivity index (χ2n) is 5.50. The normalized spacial score (nSPS) is 15.7. The Balaban J connectivity index is 0.00000264. The SMILES string of the molecule is CS(=O)(=O)c1cccc(C(=O)NCCCN2CCNCC2)c1.Cl. The Labute approximate surface area is 144 Å². The molecule has 1 amide bonds. The van der Waals surface area contributed by atoms with Crippen LogP contribution in [0.25, 0.3) is 0 Å². The van der Waals surface area contributed by atoms with Crippen LogP contribution in [0.5, 0.6) is 0 Å². The zero-order valence-electron chi connectivity index (χ0n) is 13.2. The highest BCUT2D eigenvalue weighted by Gasteiger charge is 2.12. The van der Waals surface area contributed by atoms with Gasteiger partial charge in [-0.05, 0) is 31.2 Å². The first kappa shape index (κ1) is 19.9. The number of carbonyl (C=O) groups is 1. The van der Waals surface area contributed by atoms with Gasteiger partial charge in [0, 0.05) is 44.5 Å². The molecule has 1 saturated heterocycles. The Bertz CT molecular complexity index is 616. The zero-order valence-corrected chi connectivity index (χ0v) is 14.9. The van der Waals surface area contributed by atoms with Crippen molar-refractivity contribution in [3.63, 3.8) is 0 Å². The highest BCUT2D eigenvalue weighted by Crippen LogP contribution is 2.11. The zero-order chi connectivity index (χ0) is 16.0. The number of sulfone groups is 1. The topological polar surface area (TPSA) is 78.5 Å². The smallest absolute Gasteiger partial charge is 0.251 e. The fraction of sp³-hybridized carbons (Fsp3) is 0.533. The van der Waals surface area contributed by atoms with Crippen molar-refractivity contribution in [1.82, 2.24) is 15.5 Å². The average Bonchev–Trinajstić information content (AvgIpc) is 2.52. The molecule has 1 aliphatic heterocycles. The summed E-state index contributed by atoms with van der Waals surface area (Å²) in [5.74, 6) is -0.231. The molecule has 1 heterocycles. The van der Waals surface area contributed by atoms with Crippen LogP contribution in [0.1, 0.15) is 16.8 Å². The fourth-order valence-electron chi connectivity index (χ4n) is 2.41. The second kappa shape index (κ2) is 9.22. The molecule has 1 fully saturated rings. The molecule has 2 N–H and O–H groups in total. The van der Waals surface area contributed by atoms with E-state index < -0.39 is 9.84 Å². The van der Waals surface area contributed by atoms with Crippen LogP contribution in [0.3, 0.4) is 0 Å².